The number of carboxylic acids is 1. The number of carbonyl (C=O) groups is 1. The first-order chi connectivity index (χ1) is 7.70. The number of rotatable bonds is 3. The molecule has 6 heteroatoms. The smallest absolute Gasteiger partial charge is 0.321 e. The van der Waals surface area contributed by atoms with Gasteiger partial charge in [0.1, 0.15) is 6.04 Å². The molecule has 0 aromatic carbocycles. The van der Waals surface area contributed by atoms with Crippen LogP contribution >= 0.6 is 11.8 Å². The van der Waals surface area contributed by atoms with Crippen molar-refractivity contribution in [3.05, 3.63) is 23.9 Å². The van der Waals surface area contributed by atoms with Gasteiger partial charge in [-0.3, -0.25) is 10.1 Å². The van der Waals surface area contributed by atoms with E-state index in [0.717, 1.165) is 5.56 Å². The van der Waals surface area contributed by atoms with Crippen LogP contribution in [0.15, 0.2) is 18.3 Å². The molecule has 0 saturated carbocycles. The molecule has 2 rings (SSSR count). The van der Waals surface area contributed by atoms with Gasteiger partial charge in [-0.05, 0) is 11.6 Å². The molecule has 16 heavy (non-hydrogen) atoms. The Labute approximate surface area is 97.2 Å². The number of hydrogen-bond donors (Lipinski definition) is 2. The molecule has 0 spiro atoms. The molecular weight excluding hydrogens is 228 g/mol. The van der Waals surface area contributed by atoms with E-state index in [9.17, 15) is 4.79 Å². The van der Waals surface area contributed by atoms with E-state index in [1.165, 1.54) is 0 Å². The third-order valence-electron chi connectivity index (χ3n) is 2.35. The first-order valence-electron chi connectivity index (χ1n) is 4.81. The Morgan fingerprint density at radius 1 is 1.69 bits per heavy atom. The molecule has 1 aliphatic heterocycles. The van der Waals surface area contributed by atoms with Gasteiger partial charge in [0.05, 0.1) is 12.5 Å². The minimum atomic E-state index is -0.809. The van der Waals surface area contributed by atoms with Crippen molar-refractivity contribution >= 4 is 17.7 Å². The molecular formula is C10H12N2O3S. The van der Waals surface area contributed by atoms with Gasteiger partial charge in [0, 0.05) is 18.0 Å². The van der Waals surface area contributed by atoms with Crippen LogP contribution in [-0.4, -0.2) is 35.0 Å². The molecule has 1 aromatic rings. The maximum atomic E-state index is 10.8. The molecule has 1 saturated heterocycles. The van der Waals surface area contributed by atoms with Crippen LogP contribution < -0.4 is 10.1 Å². The molecule has 5 nitrogen and oxygen atoms in total. The maximum absolute atomic E-state index is 10.8. The molecule has 0 radical (unpaired) electrons. The van der Waals surface area contributed by atoms with Gasteiger partial charge < -0.3 is 9.84 Å². The molecule has 1 fully saturated rings. The van der Waals surface area contributed by atoms with E-state index in [1.54, 1.807) is 31.1 Å². The number of nitrogens with zero attached hydrogens (tertiary/aromatic N) is 1. The van der Waals surface area contributed by atoms with Crippen LogP contribution in [0, 0.1) is 0 Å². The first-order valence-corrected chi connectivity index (χ1v) is 5.86. The summed E-state index contributed by atoms with van der Waals surface area (Å²) in [6.45, 7) is 0. The zero-order chi connectivity index (χ0) is 11.5. The lowest BCUT2D eigenvalue weighted by Gasteiger charge is -2.10. The molecule has 1 aromatic heterocycles. The van der Waals surface area contributed by atoms with Gasteiger partial charge in [-0.2, -0.15) is 0 Å². The fourth-order valence-electron chi connectivity index (χ4n) is 1.47. The Hall–Kier alpha value is -1.27. The number of aromatic nitrogens is 1. The highest BCUT2D eigenvalue weighted by molar-refractivity contribution is 7.99. The van der Waals surface area contributed by atoms with Gasteiger partial charge >= 0.3 is 5.97 Å². The van der Waals surface area contributed by atoms with Crippen molar-refractivity contribution in [3.8, 4) is 5.88 Å². The Morgan fingerprint density at radius 2 is 2.50 bits per heavy atom. The highest BCUT2D eigenvalue weighted by Gasteiger charge is 2.30. The monoisotopic (exact) mass is 240 g/mol. The normalized spacial score (nSPS) is 24.3. The van der Waals surface area contributed by atoms with E-state index in [1.807, 2.05) is 6.07 Å². The van der Waals surface area contributed by atoms with Crippen LogP contribution in [0.3, 0.4) is 0 Å². The Morgan fingerprint density at radius 3 is 3.00 bits per heavy atom. The summed E-state index contributed by atoms with van der Waals surface area (Å²) in [4.78, 5) is 14.9. The first kappa shape index (κ1) is 11.2. The molecule has 0 amide bonds. The van der Waals surface area contributed by atoms with Gasteiger partial charge in [0.15, 0.2) is 0 Å². The molecule has 2 heterocycles. The van der Waals surface area contributed by atoms with Gasteiger partial charge in [-0.1, -0.05) is 0 Å². The SMILES string of the molecule is COc1ccc(C2N[C@@H](C(=O)O)CS2)cn1. The Kier molecular flexibility index (Phi) is 3.31. The van der Waals surface area contributed by atoms with Crippen LogP contribution in [0.4, 0.5) is 0 Å². The summed E-state index contributed by atoms with van der Waals surface area (Å²) in [5.41, 5.74) is 0.967. The van der Waals surface area contributed by atoms with Crippen molar-refractivity contribution in [3.63, 3.8) is 0 Å². The number of hydrogen-bond acceptors (Lipinski definition) is 5. The summed E-state index contributed by atoms with van der Waals surface area (Å²) in [7, 11) is 1.56. The number of thioether (sulfide) groups is 1. The number of methoxy groups -OCH3 is 1. The zero-order valence-corrected chi connectivity index (χ0v) is 9.53. The summed E-state index contributed by atoms with van der Waals surface area (Å²) >= 11 is 1.57. The molecule has 2 atom stereocenters. The van der Waals surface area contributed by atoms with Crippen molar-refractivity contribution in [2.45, 2.75) is 11.4 Å². The average Bonchev–Trinajstić information content (AvgIpc) is 2.78. The minimum Gasteiger partial charge on any atom is -0.481 e. The average molecular weight is 240 g/mol. The van der Waals surface area contributed by atoms with E-state index >= 15 is 0 Å². The van der Waals surface area contributed by atoms with Crippen LogP contribution in [0.2, 0.25) is 0 Å². The second kappa shape index (κ2) is 4.71. The van der Waals surface area contributed by atoms with Gasteiger partial charge in [-0.15, -0.1) is 11.8 Å². The third-order valence-corrected chi connectivity index (χ3v) is 3.62. The van der Waals surface area contributed by atoms with E-state index in [0.29, 0.717) is 11.6 Å². The molecule has 0 aliphatic carbocycles. The highest BCUT2D eigenvalue weighted by atomic mass is 32.2. The molecule has 86 valence electrons. The van der Waals surface area contributed by atoms with E-state index in [-0.39, 0.29) is 5.37 Å². The summed E-state index contributed by atoms with van der Waals surface area (Å²) in [5, 5.41) is 11.9. The van der Waals surface area contributed by atoms with Crippen LogP contribution in [0.25, 0.3) is 0 Å². The quantitative estimate of drug-likeness (QED) is 0.817. The topological polar surface area (TPSA) is 71.5 Å². The lowest BCUT2D eigenvalue weighted by Crippen LogP contribution is -2.33. The Bertz CT molecular complexity index is 382. The van der Waals surface area contributed by atoms with Crippen molar-refractivity contribution < 1.29 is 14.6 Å². The maximum Gasteiger partial charge on any atom is 0.321 e. The minimum absolute atomic E-state index is 0.000457. The van der Waals surface area contributed by atoms with Crippen molar-refractivity contribution in [1.82, 2.24) is 10.3 Å². The summed E-state index contributed by atoms with van der Waals surface area (Å²) < 4.78 is 4.96. The number of pyridine rings is 1. The van der Waals surface area contributed by atoms with Crippen LogP contribution in [0.5, 0.6) is 5.88 Å². The van der Waals surface area contributed by atoms with E-state index in [2.05, 4.69) is 10.3 Å². The Balaban J connectivity index is 2.05. The fraction of sp³-hybridized carbons (Fsp3) is 0.400. The molecule has 2 N–H and O–H groups in total. The number of carboxylic acid groups (broad SMARTS) is 1. The highest BCUT2D eigenvalue weighted by Crippen LogP contribution is 2.32. The fourth-order valence-corrected chi connectivity index (χ4v) is 2.69. The second-order valence-electron chi connectivity index (χ2n) is 3.40. The molecule has 1 aliphatic rings. The second-order valence-corrected chi connectivity index (χ2v) is 4.54. The van der Waals surface area contributed by atoms with E-state index < -0.39 is 12.0 Å². The van der Waals surface area contributed by atoms with Crippen molar-refractivity contribution in [2.75, 3.05) is 12.9 Å². The largest absolute Gasteiger partial charge is 0.481 e. The molecule has 0 bridgehead atoms. The van der Waals surface area contributed by atoms with Gasteiger partial charge in [0.25, 0.3) is 0 Å². The summed E-state index contributed by atoms with van der Waals surface area (Å²) in [5.74, 6) is 0.324. The standard InChI is InChI=1S/C10H12N2O3S/c1-15-8-3-2-6(4-11-8)9-12-7(5-16-9)10(13)14/h2-4,7,9,12H,5H2,1H3,(H,13,14)/t7-,9?/m1/s1. The zero-order valence-electron chi connectivity index (χ0n) is 8.71. The number of ether oxygens (including phenoxy) is 1. The number of nitrogens with one attached hydrogen (secondary N) is 1. The lowest BCUT2D eigenvalue weighted by atomic mass is 10.2. The van der Waals surface area contributed by atoms with Crippen molar-refractivity contribution in [1.29, 1.82) is 0 Å². The van der Waals surface area contributed by atoms with Crippen LogP contribution in [-0.2, 0) is 4.79 Å². The van der Waals surface area contributed by atoms with Gasteiger partial charge in [0.2, 0.25) is 5.88 Å². The summed E-state index contributed by atoms with van der Waals surface area (Å²) in [6, 6.07) is 3.18. The van der Waals surface area contributed by atoms with Gasteiger partial charge in [-0.25, -0.2) is 4.98 Å². The number of aliphatic carboxylic acids is 1. The lowest BCUT2D eigenvalue weighted by molar-refractivity contribution is -0.138. The third kappa shape index (κ3) is 2.28. The van der Waals surface area contributed by atoms with E-state index in [4.69, 9.17) is 9.84 Å². The van der Waals surface area contributed by atoms with Crippen LogP contribution in [0.1, 0.15) is 10.9 Å². The summed E-state index contributed by atoms with van der Waals surface area (Å²) in [6.07, 6.45) is 1.70. The predicted molar refractivity (Wildman–Crippen MR) is 60.5 cm³/mol. The van der Waals surface area contributed by atoms with Crippen molar-refractivity contribution in [2.24, 2.45) is 0 Å². The predicted octanol–water partition coefficient (Wildman–Crippen LogP) is 0.878. The molecule has 1 unspecified atom stereocenters.